The lowest BCUT2D eigenvalue weighted by atomic mass is 10.1. The lowest BCUT2D eigenvalue weighted by Gasteiger charge is -2.25. The molecule has 1 atom stereocenters. The summed E-state index contributed by atoms with van der Waals surface area (Å²) in [5.41, 5.74) is 1.71. The van der Waals surface area contributed by atoms with Gasteiger partial charge in [-0.15, -0.1) is 11.3 Å². The van der Waals surface area contributed by atoms with Crippen LogP contribution in [0.5, 0.6) is 0 Å². The maximum absolute atomic E-state index is 8.85. The molecule has 1 aromatic heterocycles. The van der Waals surface area contributed by atoms with Crippen molar-refractivity contribution in [2.45, 2.75) is 25.7 Å². The number of nitrogens with zero attached hydrogens (tertiary/aromatic N) is 2. The van der Waals surface area contributed by atoms with Crippen LogP contribution in [-0.2, 0) is 4.43 Å². The third kappa shape index (κ3) is 3.74. The van der Waals surface area contributed by atoms with E-state index in [0.717, 1.165) is 10.6 Å². The Morgan fingerprint density at radius 1 is 1.26 bits per heavy atom. The first-order valence-electron chi connectivity index (χ1n) is 6.07. The second-order valence-electron chi connectivity index (χ2n) is 5.21. The molecule has 3 nitrogen and oxygen atoms in total. The number of thiazole rings is 1. The summed E-state index contributed by atoms with van der Waals surface area (Å²) in [6, 6.07) is 9.68. The van der Waals surface area contributed by atoms with Crippen LogP contribution >= 0.6 is 11.3 Å². The fraction of sp³-hybridized carbons (Fsp3) is 0.286. The van der Waals surface area contributed by atoms with Crippen LogP contribution < -0.4 is 0 Å². The largest absolute Gasteiger partial charge is 0.404 e. The summed E-state index contributed by atoms with van der Waals surface area (Å²) in [5.74, 6) is 0. The summed E-state index contributed by atoms with van der Waals surface area (Å²) in [7, 11) is -1.68. The van der Waals surface area contributed by atoms with Crippen LogP contribution in [0.3, 0.4) is 0 Å². The zero-order chi connectivity index (χ0) is 13.9. The predicted octanol–water partition coefficient (Wildman–Crippen LogP) is 3.96. The maximum atomic E-state index is 8.85. The normalized spacial score (nSPS) is 12.9. The highest BCUT2D eigenvalue weighted by molar-refractivity contribution is 7.09. The number of hydrogen-bond acceptors (Lipinski definition) is 4. The lowest BCUT2D eigenvalue weighted by molar-refractivity contribution is 0.239. The molecule has 0 N–H and O–H groups in total. The van der Waals surface area contributed by atoms with Gasteiger partial charge in [0.05, 0.1) is 11.6 Å². The van der Waals surface area contributed by atoms with Gasteiger partial charge in [0.25, 0.3) is 0 Å². The summed E-state index contributed by atoms with van der Waals surface area (Å²) in [6.45, 7) is 6.49. The second kappa shape index (κ2) is 5.66. The molecule has 0 saturated heterocycles. The van der Waals surface area contributed by atoms with Gasteiger partial charge in [0, 0.05) is 11.6 Å². The maximum Gasteiger partial charge on any atom is 0.185 e. The van der Waals surface area contributed by atoms with Gasteiger partial charge in [-0.3, -0.25) is 0 Å². The van der Waals surface area contributed by atoms with Crippen molar-refractivity contribution < 1.29 is 4.43 Å². The molecule has 0 aliphatic rings. The Morgan fingerprint density at radius 2 is 1.95 bits per heavy atom. The molecule has 0 bridgehead atoms. The van der Waals surface area contributed by atoms with Crippen LogP contribution in [0.25, 0.3) is 0 Å². The fourth-order valence-electron chi connectivity index (χ4n) is 1.71. The van der Waals surface area contributed by atoms with E-state index in [0.29, 0.717) is 5.56 Å². The van der Waals surface area contributed by atoms with E-state index in [9.17, 15) is 0 Å². The van der Waals surface area contributed by atoms with Gasteiger partial charge in [0.2, 0.25) is 0 Å². The number of hydrogen-bond donors (Lipinski definition) is 0. The van der Waals surface area contributed by atoms with Gasteiger partial charge in [-0.1, -0.05) is 12.1 Å². The van der Waals surface area contributed by atoms with Crippen molar-refractivity contribution in [3.05, 3.63) is 52.0 Å². The van der Waals surface area contributed by atoms with Crippen LogP contribution in [0.4, 0.5) is 0 Å². The smallest absolute Gasteiger partial charge is 0.185 e. The molecule has 19 heavy (non-hydrogen) atoms. The Morgan fingerprint density at radius 3 is 2.42 bits per heavy atom. The third-order valence-corrected chi connectivity index (χ3v) is 4.25. The van der Waals surface area contributed by atoms with E-state index in [-0.39, 0.29) is 6.10 Å². The third-order valence-electron chi connectivity index (χ3n) is 2.49. The Balaban J connectivity index is 2.34. The Kier molecular flexibility index (Phi) is 4.15. The van der Waals surface area contributed by atoms with E-state index in [4.69, 9.17) is 9.69 Å². The van der Waals surface area contributed by atoms with E-state index >= 15 is 0 Å². The van der Waals surface area contributed by atoms with E-state index in [1.165, 1.54) is 0 Å². The van der Waals surface area contributed by atoms with Crippen molar-refractivity contribution in [2.75, 3.05) is 0 Å². The van der Waals surface area contributed by atoms with Crippen LogP contribution in [0.2, 0.25) is 19.6 Å². The first-order chi connectivity index (χ1) is 8.99. The minimum Gasteiger partial charge on any atom is -0.404 e. The first kappa shape index (κ1) is 13.9. The molecular weight excluding hydrogens is 272 g/mol. The molecule has 0 spiro atoms. The molecule has 0 amide bonds. The van der Waals surface area contributed by atoms with Gasteiger partial charge in [-0.25, -0.2) is 4.98 Å². The summed E-state index contributed by atoms with van der Waals surface area (Å²) in [5, 5.41) is 11.8. The van der Waals surface area contributed by atoms with Crippen LogP contribution in [0.15, 0.2) is 35.8 Å². The summed E-state index contributed by atoms with van der Waals surface area (Å²) in [6.07, 6.45) is 1.67. The number of rotatable bonds is 4. The molecule has 5 heteroatoms. The topological polar surface area (TPSA) is 45.9 Å². The minimum atomic E-state index is -1.68. The van der Waals surface area contributed by atoms with Gasteiger partial charge in [0.1, 0.15) is 11.1 Å². The van der Waals surface area contributed by atoms with Crippen LogP contribution in [-0.4, -0.2) is 13.3 Å². The van der Waals surface area contributed by atoms with E-state index in [2.05, 4.69) is 30.7 Å². The first-order valence-corrected chi connectivity index (χ1v) is 10.4. The predicted molar refractivity (Wildman–Crippen MR) is 79.5 cm³/mol. The zero-order valence-corrected chi connectivity index (χ0v) is 13.1. The molecule has 98 valence electrons. The molecule has 0 aliphatic heterocycles. The highest BCUT2D eigenvalue weighted by Gasteiger charge is 2.25. The molecule has 0 aliphatic carbocycles. The van der Waals surface area contributed by atoms with Crippen molar-refractivity contribution in [1.82, 2.24) is 4.98 Å². The molecule has 1 unspecified atom stereocenters. The molecular formula is C14H16N2OSSi. The fourth-order valence-corrected chi connectivity index (χ4v) is 3.44. The van der Waals surface area contributed by atoms with Crippen molar-refractivity contribution in [3.63, 3.8) is 0 Å². The average molecular weight is 288 g/mol. The monoisotopic (exact) mass is 288 g/mol. The van der Waals surface area contributed by atoms with Crippen LogP contribution in [0, 0.1) is 11.3 Å². The van der Waals surface area contributed by atoms with Gasteiger partial charge in [-0.2, -0.15) is 5.26 Å². The highest BCUT2D eigenvalue weighted by atomic mass is 32.1. The van der Waals surface area contributed by atoms with E-state index < -0.39 is 8.32 Å². The molecule has 2 rings (SSSR count). The average Bonchev–Trinajstić information content (AvgIpc) is 2.89. The van der Waals surface area contributed by atoms with Gasteiger partial charge in [0.15, 0.2) is 8.32 Å². The molecule has 0 saturated carbocycles. The van der Waals surface area contributed by atoms with Gasteiger partial charge >= 0.3 is 0 Å². The molecule has 0 fully saturated rings. The Labute approximate surface area is 118 Å². The Hall–Kier alpha value is -1.48. The summed E-state index contributed by atoms with van der Waals surface area (Å²) in [4.78, 5) is 4.37. The minimum absolute atomic E-state index is 0.126. The van der Waals surface area contributed by atoms with Crippen molar-refractivity contribution >= 4 is 19.7 Å². The van der Waals surface area contributed by atoms with E-state index in [1.54, 1.807) is 17.5 Å². The van der Waals surface area contributed by atoms with E-state index in [1.807, 2.05) is 29.6 Å². The van der Waals surface area contributed by atoms with Crippen LogP contribution in [0.1, 0.15) is 22.2 Å². The van der Waals surface area contributed by atoms with Crippen molar-refractivity contribution in [3.8, 4) is 6.07 Å². The number of aromatic nitrogens is 1. The quantitative estimate of drug-likeness (QED) is 0.800. The molecule has 1 aromatic carbocycles. The molecule has 0 radical (unpaired) electrons. The summed E-state index contributed by atoms with van der Waals surface area (Å²) >= 11 is 1.60. The SMILES string of the molecule is C[Si](C)(C)OC(c1ccc(C#N)cc1)c1nccs1. The molecule has 1 heterocycles. The zero-order valence-electron chi connectivity index (χ0n) is 11.3. The number of nitriles is 1. The number of benzene rings is 1. The second-order valence-corrected chi connectivity index (χ2v) is 10.6. The van der Waals surface area contributed by atoms with Crippen molar-refractivity contribution in [1.29, 1.82) is 5.26 Å². The summed E-state index contributed by atoms with van der Waals surface area (Å²) < 4.78 is 6.25. The van der Waals surface area contributed by atoms with Gasteiger partial charge in [-0.05, 0) is 37.3 Å². The standard InChI is InChI=1S/C14H16N2OSSi/c1-19(2,3)17-13(14-16-8-9-18-14)12-6-4-11(10-15)5-7-12/h4-9,13H,1-3H3. The highest BCUT2D eigenvalue weighted by Crippen LogP contribution is 2.30. The lowest BCUT2D eigenvalue weighted by Crippen LogP contribution is -2.28. The van der Waals surface area contributed by atoms with Gasteiger partial charge < -0.3 is 4.43 Å². The van der Waals surface area contributed by atoms with Crippen molar-refractivity contribution in [2.24, 2.45) is 0 Å². The molecule has 2 aromatic rings. The Bertz CT molecular complexity index is 567.